The van der Waals surface area contributed by atoms with E-state index in [2.05, 4.69) is 4.98 Å². The smallest absolute Gasteiger partial charge is 0.0992 e. The van der Waals surface area contributed by atoms with E-state index in [0.29, 0.717) is 11.6 Å². The molecule has 0 saturated heterocycles. The van der Waals surface area contributed by atoms with Crippen molar-refractivity contribution in [2.24, 2.45) is 5.73 Å². The molecule has 2 atom stereocenters. The lowest BCUT2D eigenvalue weighted by molar-refractivity contribution is 0.149. The minimum atomic E-state index is -0.706. The van der Waals surface area contributed by atoms with E-state index in [-0.39, 0.29) is 5.92 Å². The first-order chi connectivity index (χ1) is 8.24. The van der Waals surface area contributed by atoms with Gasteiger partial charge in [0.05, 0.1) is 16.0 Å². The molecule has 2 aromatic rings. The zero-order valence-electron chi connectivity index (χ0n) is 9.08. The number of nitrogens with two attached hydrogens (primary N) is 1. The van der Waals surface area contributed by atoms with Gasteiger partial charge >= 0.3 is 0 Å². The third-order valence-corrected chi connectivity index (χ3v) is 4.05. The van der Waals surface area contributed by atoms with Gasteiger partial charge in [-0.3, -0.25) is 4.98 Å². The number of rotatable bonds is 4. The number of pyridine rings is 1. The zero-order chi connectivity index (χ0) is 12.3. The second kappa shape index (κ2) is 5.60. The fourth-order valence-corrected chi connectivity index (χ4v) is 2.92. The number of nitrogens with zero attached hydrogens (tertiary/aromatic N) is 1. The van der Waals surface area contributed by atoms with Crippen molar-refractivity contribution in [3.05, 3.63) is 51.4 Å². The summed E-state index contributed by atoms with van der Waals surface area (Å²) in [6.45, 7) is 0.326. The Hall–Kier alpha value is -0.940. The molecule has 5 heteroatoms. The van der Waals surface area contributed by atoms with Crippen molar-refractivity contribution in [1.29, 1.82) is 0 Å². The molecule has 0 bridgehead atoms. The van der Waals surface area contributed by atoms with Gasteiger partial charge in [0.2, 0.25) is 0 Å². The van der Waals surface area contributed by atoms with Crippen LogP contribution < -0.4 is 5.73 Å². The minimum absolute atomic E-state index is 0.229. The maximum atomic E-state index is 10.3. The Labute approximate surface area is 109 Å². The molecule has 17 heavy (non-hydrogen) atoms. The van der Waals surface area contributed by atoms with E-state index in [9.17, 15) is 5.11 Å². The molecular formula is C12H13ClN2OS. The molecule has 2 unspecified atom stereocenters. The number of hydrogen-bond acceptors (Lipinski definition) is 4. The van der Waals surface area contributed by atoms with Crippen LogP contribution in [0.25, 0.3) is 0 Å². The molecule has 0 saturated carbocycles. The molecule has 0 aliphatic rings. The number of hydrogen-bond donors (Lipinski definition) is 2. The molecule has 0 aliphatic carbocycles. The Morgan fingerprint density at radius 3 is 2.76 bits per heavy atom. The summed E-state index contributed by atoms with van der Waals surface area (Å²) in [5, 5.41) is 12.7. The third kappa shape index (κ3) is 2.66. The van der Waals surface area contributed by atoms with Crippen LogP contribution in [0, 0.1) is 0 Å². The first-order valence-electron chi connectivity index (χ1n) is 5.26. The standard InChI is InChI=1S/C12H13ClN2OS/c13-9-4-6-17-12(9)11(16)8(7-14)10-3-1-2-5-15-10/h1-6,8,11,16H,7,14H2. The van der Waals surface area contributed by atoms with E-state index in [1.54, 1.807) is 12.3 Å². The summed E-state index contributed by atoms with van der Waals surface area (Å²) in [5.74, 6) is -0.229. The minimum Gasteiger partial charge on any atom is -0.387 e. The molecule has 0 aliphatic heterocycles. The Morgan fingerprint density at radius 1 is 1.41 bits per heavy atom. The van der Waals surface area contributed by atoms with Crippen molar-refractivity contribution in [3.63, 3.8) is 0 Å². The summed E-state index contributed by atoms with van der Waals surface area (Å²) >= 11 is 7.44. The molecule has 90 valence electrons. The Morgan fingerprint density at radius 2 is 2.24 bits per heavy atom. The van der Waals surface area contributed by atoms with Crippen molar-refractivity contribution in [2.45, 2.75) is 12.0 Å². The molecular weight excluding hydrogens is 256 g/mol. The summed E-state index contributed by atoms with van der Waals surface area (Å²) < 4.78 is 0. The summed E-state index contributed by atoms with van der Waals surface area (Å²) in [6, 6.07) is 7.36. The molecule has 3 nitrogen and oxygen atoms in total. The highest BCUT2D eigenvalue weighted by Gasteiger charge is 2.25. The predicted molar refractivity (Wildman–Crippen MR) is 70.3 cm³/mol. The van der Waals surface area contributed by atoms with Gasteiger partial charge < -0.3 is 10.8 Å². The largest absolute Gasteiger partial charge is 0.387 e. The van der Waals surface area contributed by atoms with E-state index in [1.807, 2.05) is 23.6 Å². The molecule has 0 aromatic carbocycles. The zero-order valence-corrected chi connectivity index (χ0v) is 10.7. The van der Waals surface area contributed by atoms with Gasteiger partial charge in [-0.1, -0.05) is 17.7 Å². The van der Waals surface area contributed by atoms with E-state index in [1.165, 1.54) is 11.3 Å². The average molecular weight is 269 g/mol. The van der Waals surface area contributed by atoms with E-state index >= 15 is 0 Å². The topological polar surface area (TPSA) is 59.1 Å². The molecule has 0 radical (unpaired) electrons. The van der Waals surface area contributed by atoms with Gasteiger partial charge in [-0.05, 0) is 23.6 Å². The van der Waals surface area contributed by atoms with Gasteiger partial charge in [0, 0.05) is 24.4 Å². The molecule has 0 spiro atoms. The Bertz CT molecular complexity index is 474. The van der Waals surface area contributed by atoms with Gasteiger partial charge in [-0.2, -0.15) is 0 Å². The predicted octanol–water partition coefficient (Wildman–Crippen LogP) is 2.57. The van der Waals surface area contributed by atoms with Gasteiger partial charge in [-0.15, -0.1) is 11.3 Å². The molecule has 0 amide bonds. The number of thiophene rings is 1. The summed E-state index contributed by atoms with van der Waals surface area (Å²) in [7, 11) is 0. The van der Waals surface area contributed by atoms with Crippen molar-refractivity contribution in [2.75, 3.05) is 6.54 Å². The SMILES string of the molecule is NCC(c1ccccn1)C(O)c1sccc1Cl. The van der Waals surface area contributed by atoms with Crippen LogP contribution in [0.1, 0.15) is 22.6 Å². The molecule has 2 aromatic heterocycles. The van der Waals surface area contributed by atoms with E-state index in [4.69, 9.17) is 17.3 Å². The number of aromatic nitrogens is 1. The second-order valence-electron chi connectivity index (χ2n) is 3.67. The van der Waals surface area contributed by atoms with Crippen LogP contribution in [0.3, 0.4) is 0 Å². The lowest BCUT2D eigenvalue weighted by Gasteiger charge is -2.20. The second-order valence-corrected chi connectivity index (χ2v) is 5.03. The maximum Gasteiger partial charge on any atom is 0.0992 e. The number of aliphatic hydroxyl groups is 1. The summed E-state index contributed by atoms with van der Waals surface area (Å²) in [5.41, 5.74) is 6.51. The van der Waals surface area contributed by atoms with Crippen LogP contribution >= 0.6 is 22.9 Å². The summed E-state index contributed by atoms with van der Waals surface area (Å²) in [6.07, 6.45) is 0.989. The first kappa shape index (κ1) is 12.5. The quantitative estimate of drug-likeness (QED) is 0.896. The van der Waals surface area contributed by atoms with Crippen LogP contribution in [0.2, 0.25) is 5.02 Å². The van der Waals surface area contributed by atoms with Crippen LogP contribution in [0.4, 0.5) is 0 Å². The number of aliphatic hydroxyl groups excluding tert-OH is 1. The fourth-order valence-electron chi connectivity index (χ4n) is 1.71. The van der Waals surface area contributed by atoms with Crippen LogP contribution in [-0.4, -0.2) is 16.6 Å². The highest BCUT2D eigenvalue weighted by Crippen LogP contribution is 2.36. The average Bonchev–Trinajstić information content (AvgIpc) is 2.77. The maximum absolute atomic E-state index is 10.3. The highest BCUT2D eigenvalue weighted by atomic mass is 35.5. The lowest BCUT2D eigenvalue weighted by Crippen LogP contribution is -2.20. The van der Waals surface area contributed by atoms with Crippen molar-refractivity contribution >= 4 is 22.9 Å². The molecule has 3 N–H and O–H groups in total. The van der Waals surface area contributed by atoms with Crippen LogP contribution in [-0.2, 0) is 0 Å². The Kier molecular flexibility index (Phi) is 4.12. The van der Waals surface area contributed by atoms with Crippen molar-refractivity contribution in [1.82, 2.24) is 4.98 Å². The van der Waals surface area contributed by atoms with Crippen molar-refractivity contribution < 1.29 is 5.11 Å². The summed E-state index contributed by atoms with van der Waals surface area (Å²) in [4.78, 5) is 4.98. The first-order valence-corrected chi connectivity index (χ1v) is 6.51. The molecule has 2 heterocycles. The molecule has 2 rings (SSSR count). The van der Waals surface area contributed by atoms with Gasteiger partial charge in [0.15, 0.2) is 0 Å². The number of halogens is 1. The normalized spacial score (nSPS) is 14.5. The fraction of sp³-hybridized carbons (Fsp3) is 0.250. The van der Waals surface area contributed by atoms with Gasteiger partial charge in [-0.25, -0.2) is 0 Å². The lowest BCUT2D eigenvalue weighted by atomic mass is 9.97. The highest BCUT2D eigenvalue weighted by molar-refractivity contribution is 7.10. The Balaban J connectivity index is 2.28. The van der Waals surface area contributed by atoms with Gasteiger partial charge in [0.1, 0.15) is 0 Å². The van der Waals surface area contributed by atoms with E-state index in [0.717, 1.165) is 10.6 Å². The van der Waals surface area contributed by atoms with E-state index < -0.39 is 6.10 Å². The van der Waals surface area contributed by atoms with Gasteiger partial charge in [0.25, 0.3) is 0 Å². The van der Waals surface area contributed by atoms with Crippen LogP contribution in [0.5, 0.6) is 0 Å². The van der Waals surface area contributed by atoms with Crippen molar-refractivity contribution in [3.8, 4) is 0 Å². The molecule has 0 fully saturated rings. The monoisotopic (exact) mass is 268 g/mol. The third-order valence-electron chi connectivity index (χ3n) is 2.62. The van der Waals surface area contributed by atoms with Crippen LogP contribution in [0.15, 0.2) is 35.8 Å².